The first-order chi connectivity index (χ1) is 10.3. The van der Waals surface area contributed by atoms with E-state index in [9.17, 15) is 18.5 Å². The molecule has 0 rings (SSSR count). The normalized spacial score (nSPS) is 17.3. The van der Waals surface area contributed by atoms with Gasteiger partial charge in [-0.15, -0.1) is 4.48 Å². The van der Waals surface area contributed by atoms with Gasteiger partial charge in [-0.25, -0.2) is 9.13 Å². The fraction of sp³-hybridized carbons (Fsp3) is 1.00. The summed E-state index contributed by atoms with van der Waals surface area (Å²) in [6, 6.07) is 0. The Kier molecular flexibility index (Phi) is 9.60. The lowest BCUT2D eigenvalue weighted by Gasteiger charge is -2.30. The minimum absolute atomic E-state index is 0.0700. The van der Waals surface area contributed by atoms with Crippen molar-refractivity contribution >= 4 is 15.6 Å². The standard InChI is InChI=1S/C11H26FNO8P2/c1-9(2)10(7-11(3,4)13-12)8-21-23(17,18)20-6-5-19-22(14,15)16/h9-10,13H,5-8H2,1-4H3,(H,17,18)(H2,14,15,16). The van der Waals surface area contributed by atoms with Crippen molar-refractivity contribution in [1.29, 1.82) is 0 Å². The van der Waals surface area contributed by atoms with E-state index in [0.717, 1.165) is 0 Å². The first kappa shape index (κ1) is 23.1. The van der Waals surface area contributed by atoms with Crippen LogP contribution in [0.1, 0.15) is 34.1 Å². The van der Waals surface area contributed by atoms with Gasteiger partial charge in [0.05, 0.1) is 19.8 Å². The summed E-state index contributed by atoms with van der Waals surface area (Å²) >= 11 is 0. The number of phosphoric acid groups is 2. The molecular formula is C11H26FNO8P2. The van der Waals surface area contributed by atoms with Crippen molar-refractivity contribution in [3.05, 3.63) is 0 Å². The van der Waals surface area contributed by atoms with Gasteiger partial charge in [-0.2, -0.15) is 5.54 Å². The topological polar surface area (TPSA) is 135 Å². The van der Waals surface area contributed by atoms with Crippen LogP contribution in [0.5, 0.6) is 0 Å². The monoisotopic (exact) mass is 381 g/mol. The summed E-state index contributed by atoms with van der Waals surface area (Å²) in [5.41, 5.74) is 0.861. The summed E-state index contributed by atoms with van der Waals surface area (Å²) < 4.78 is 48.2. The van der Waals surface area contributed by atoms with E-state index >= 15 is 0 Å². The molecule has 2 unspecified atom stereocenters. The van der Waals surface area contributed by atoms with Crippen LogP contribution in [0, 0.1) is 11.8 Å². The van der Waals surface area contributed by atoms with Crippen LogP contribution < -0.4 is 5.54 Å². The van der Waals surface area contributed by atoms with Crippen LogP contribution in [0.25, 0.3) is 0 Å². The zero-order valence-corrected chi connectivity index (χ0v) is 15.4. The summed E-state index contributed by atoms with van der Waals surface area (Å²) in [6.45, 7) is 5.83. The van der Waals surface area contributed by atoms with Gasteiger partial charge in [0.25, 0.3) is 0 Å². The highest BCUT2D eigenvalue weighted by atomic mass is 31.2. The van der Waals surface area contributed by atoms with E-state index in [-0.39, 0.29) is 18.4 Å². The van der Waals surface area contributed by atoms with Gasteiger partial charge >= 0.3 is 15.6 Å². The van der Waals surface area contributed by atoms with Crippen LogP contribution in [0.15, 0.2) is 0 Å². The van der Waals surface area contributed by atoms with E-state index in [4.69, 9.17) is 14.3 Å². The maximum absolute atomic E-state index is 12.7. The quantitative estimate of drug-likeness (QED) is 0.228. The Labute approximate surface area is 135 Å². The number of nitrogens with one attached hydrogen (secondary N) is 1. The lowest BCUT2D eigenvalue weighted by Crippen LogP contribution is -2.37. The van der Waals surface area contributed by atoms with Crippen LogP contribution in [-0.2, 0) is 22.7 Å². The molecule has 0 spiro atoms. The van der Waals surface area contributed by atoms with Crippen molar-refractivity contribution < 1.29 is 41.9 Å². The Morgan fingerprint density at radius 3 is 2.04 bits per heavy atom. The summed E-state index contributed by atoms with van der Waals surface area (Å²) in [5.74, 6) is -0.135. The average molecular weight is 381 g/mol. The average Bonchev–Trinajstić information content (AvgIpc) is 2.38. The second-order valence-corrected chi connectivity index (χ2v) is 8.80. The van der Waals surface area contributed by atoms with E-state index in [1.807, 2.05) is 13.8 Å². The van der Waals surface area contributed by atoms with Crippen LogP contribution in [-0.4, -0.2) is 40.0 Å². The van der Waals surface area contributed by atoms with Gasteiger partial charge in [0, 0.05) is 5.54 Å². The minimum Gasteiger partial charge on any atom is -0.303 e. The van der Waals surface area contributed by atoms with E-state index in [1.54, 1.807) is 19.4 Å². The highest BCUT2D eigenvalue weighted by Gasteiger charge is 2.29. The molecule has 0 bridgehead atoms. The number of phosphoric ester groups is 2. The van der Waals surface area contributed by atoms with Crippen molar-refractivity contribution in [1.82, 2.24) is 5.54 Å². The van der Waals surface area contributed by atoms with E-state index in [1.165, 1.54) is 0 Å². The number of hydrogen-bond donors (Lipinski definition) is 4. The number of halogens is 1. The number of rotatable bonds is 12. The lowest BCUT2D eigenvalue weighted by atomic mass is 9.85. The van der Waals surface area contributed by atoms with Crippen LogP contribution in [0.2, 0.25) is 0 Å². The van der Waals surface area contributed by atoms with Crippen molar-refractivity contribution in [2.24, 2.45) is 11.8 Å². The summed E-state index contributed by atoms with van der Waals surface area (Å²) in [5, 5.41) is 0. The Morgan fingerprint density at radius 2 is 1.61 bits per heavy atom. The molecular weight excluding hydrogens is 355 g/mol. The van der Waals surface area contributed by atoms with Gasteiger partial charge in [-0.3, -0.25) is 13.6 Å². The SMILES string of the molecule is CC(C)C(COP(=O)(O)OCCOP(=O)(O)O)CC(C)(C)NF. The van der Waals surface area contributed by atoms with Crippen molar-refractivity contribution in [2.45, 2.75) is 39.7 Å². The molecule has 0 aromatic heterocycles. The molecule has 23 heavy (non-hydrogen) atoms. The predicted molar refractivity (Wildman–Crippen MR) is 81.0 cm³/mol. The molecule has 0 radical (unpaired) electrons. The van der Waals surface area contributed by atoms with Gasteiger partial charge in [0.1, 0.15) is 0 Å². The molecule has 0 aromatic rings. The molecule has 0 saturated carbocycles. The van der Waals surface area contributed by atoms with E-state index < -0.39 is 34.4 Å². The van der Waals surface area contributed by atoms with Crippen LogP contribution >= 0.6 is 15.6 Å². The third-order valence-corrected chi connectivity index (χ3v) is 4.52. The molecule has 9 nitrogen and oxygen atoms in total. The summed E-state index contributed by atoms with van der Waals surface area (Å²) in [6.07, 6.45) is 0.364. The maximum Gasteiger partial charge on any atom is 0.472 e. The molecule has 0 aliphatic rings. The Hall–Kier alpha value is 0.110. The predicted octanol–water partition coefficient (Wildman–Crippen LogP) is 2.14. The third-order valence-electron chi connectivity index (χ3n) is 3.02. The Morgan fingerprint density at radius 1 is 1.09 bits per heavy atom. The Bertz CT molecular complexity index is 442. The third kappa shape index (κ3) is 12.2. The molecule has 0 saturated heterocycles. The van der Waals surface area contributed by atoms with Crippen molar-refractivity contribution in [3.63, 3.8) is 0 Å². The van der Waals surface area contributed by atoms with E-state index in [2.05, 4.69) is 9.05 Å². The lowest BCUT2D eigenvalue weighted by molar-refractivity contribution is 0.0809. The van der Waals surface area contributed by atoms with Crippen molar-refractivity contribution in [2.75, 3.05) is 19.8 Å². The molecule has 0 aliphatic carbocycles. The molecule has 0 fully saturated rings. The summed E-state index contributed by atoms with van der Waals surface area (Å²) in [7, 11) is -9.04. The molecule has 140 valence electrons. The first-order valence-electron chi connectivity index (χ1n) is 6.98. The second-order valence-electron chi connectivity index (χ2n) is 6.11. The second kappa shape index (κ2) is 9.56. The highest BCUT2D eigenvalue weighted by molar-refractivity contribution is 7.47. The molecule has 12 heteroatoms. The largest absolute Gasteiger partial charge is 0.472 e. The maximum atomic E-state index is 12.7. The molecule has 4 N–H and O–H groups in total. The molecule has 2 atom stereocenters. The molecule has 0 amide bonds. The summed E-state index contributed by atoms with van der Waals surface area (Å²) in [4.78, 5) is 26.4. The molecule has 0 aliphatic heterocycles. The van der Waals surface area contributed by atoms with Crippen LogP contribution in [0.4, 0.5) is 4.48 Å². The van der Waals surface area contributed by atoms with Gasteiger partial charge in [0.2, 0.25) is 0 Å². The van der Waals surface area contributed by atoms with Gasteiger partial charge in [0.15, 0.2) is 0 Å². The number of hydrogen-bond acceptors (Lipinski definition) is 6. The fourth-order valence-corrected chi connectivity index (χ4v) is 2.79. The van der Waals surface area contributed by atoms with Crippen LogP contribution in [0.3, 0.4) is 0 Å². The van der Waals surface area contributed by atoms with Crippen molar-refractivity contribution in [3.8, 4) is 0 Å². The van der Waals surface area contributed by atoms with Gasteiger partial charge < -0.3 is 14.7 Å². The van der Waals surface area contributed by atoms with Gasteiger partial charge in [-0.1, -0.05) is 13.8 Å². The zero-order chi connectivity index (χ0) is 18.3. The van der Waals surface area contributed by atoms with E-state index in [0.29, 0.717) is 6.42 Å². The molecule has 0 heterocycles. The smallest absolute Gasteiger partial charge is 0.303 e. The fourth-order valence-electron chi connectivity index (χ4n) is 1.72. The van der Waals surface area contributed by atoms with Gasteiger partial charge in [-0.05, 0) is 32.1 Å². The first-order valence-corrected chi connectivity index (χ1v) is 10.0. The molecule has 0 aromatic carbocycles. The Balaban J connectivity index is 4.36. The highest BCUT2D eigenvalue weighted by Crippen LogP contribution is 2.45. The minimum atomic E-state index is -4.65. The zero-order valence-electron chi connectivity index (χ0n) is 13.6.